The van der Waals surface area contributed by atoms with Crippen molar-refractivity contribution in [1.29, 1.82) is 0 Å². The summed E-state index contributed by atoms with van der Waals surface area (Å²) in [5.74, 6) is 0.283. The third kappa shape index (κ3) is 9.39. The number of para-hydroxylation sites is 1. The molecule has 0 heterocycles. The third-order valence-electron chi connectivity index (χ3n) is 8.08. The first-order valence-corrected chi connectivity index (χ1v) is 18.0. The number of anilines is 1. The van der Waals surface area contributed by atoms with Crippen LogP contribution in [0.1, 0.15) is 37.5 Å². The molecule has 5 aromatic rings. The molecule has 0 fully saturated rings. The minimum absolute atomic E-state index is 0.0363. The molecule has 1 N–H and O–H groups in total. The van der Waals surface area contributed by atoms with Gasteiger partial charge in [-0.2, -0.15) is 0 Å². The summed E-state index contributed by atoms with van der Waals surface area (Å²) in [6.45, 7) is 7.16. The molecule has 258 valence electrons. The number of benzene rings is 5. The lowest BCUT2D eigenvalue weighted by Crippen LogP contribution is -2.56. The van der Waals surface area contributed by atoms with Crippen molar-refractivity contribution in [3.8, 4) is 11.5 Å². The topological polar surface area (TPSA) is 96.0 Å². The zero-order valence-electron chi connectivity index (χ0n) is 28.8. The molecule has 0 aromatic heterocycles. The molecule has 0 aliphatic heterocycles. The summed E-state index contributed by atoms with van der Waals surface area (Å²) in [5.41, 5.74) is 2.37. The maximum Gasteiger partial charge on any atom is 0.264 e. The standard InChI is InChI=1S/C41H43N3O5S/c1-31-16-14-15-19-33(31)29-43(38(40(46)42-41(2,3)4)28-32-17-8-5-9-18-32)39(45)30-44(50(47,48)37-22-12-7-13-23-37)34-24-26-36(27-25-34)49-35-20-10-6-11-21-35/h5-27,38H,28-30H2,1-4H3,(H,42,46)/t38-/m1/s1. The van der Waals surface area contributed by atoms with Crippen molar-refractivity contribution in [1.82, 2.24) is 10.2 Å². The second kappa shape index (κ2) is 15.9. The number of hydrogen-bond donors (Lipinski definition) is 1. The molecule has 9 heteroatoms. The molecule has 0 bridgehead atoms. The van der Waals surface area contributed by atoms with Gasteiger partial charge in [0, 0.05) is 18.5 Å². The molecule has 2 amide bonds. The maximum atomic E-state index is 14.7. The van der Waals surface area contributed by atoms with E-state index < -0.39 is 34.1 Å². The van der Waals surface area contributed by atoms with Crippen LogP contribution in [0.3, 0.4) is 0 Å². The highest BCUT2D eigenvalue weighted by molar-refractivity contribution is 7.92. The Bertz CT molecular complexity index is 1980. The molecule has 0 aliphatic rings. The fourth-order valence-corrected chi connectivity index (χ4v) is 6.97. The van der Waals surface area contributed by atoms with Crippen LogP contribution in [0.4, 0.5) is 5.69 Å². The number of carbonyl (C=O) groups is 2. The van der Waals surface area contributed by atoms with Crippen molar-refractivity contribution in [2.45, 2.75) is 57.1 Å². The number of aryl methyl sites for hydroxylation is 1. The third-order valence-corrected chi connectivity index (χ3v) is 9.87. The molecule has 0 aliphatic carbocycles. The van der Waals surface area contributed by atoms with Crippen molar-refractivity contribution >= 4 is 27.5 Å². The molecule has 0 saturated heterocycles. The van der Waals surface area contributed by atoms with Gasteiger partial charge in [0.2, 0.25) is 11.8 Å². The van der Waals surface area contributed by atoms with E-state index in [0.29, 0.717) is 11.5 Å². The molecule has 0 spiro atoms. The summed E-state index contributed by atoms with van der Waals surface area (Å²) >= 11 is 0. The number of nitrogens with one attached hydrogen (secondary N) is 1. The van der Waals surface area contributed by atoms with Gasteiger partial charge in [0.05, 0.1) is 10.6 Å². The quantitative estimate of drug-likeness (QED) is 0.138. The monoisotopic (exact) mass is 689 g/mol. The summed E-state index contributed by atoms with van der Waals surface area (Å²) in [6, 6.07) is 40.1. The van der Waals surface area contributed by atoms with Crippen molar-refractivity contribution < 1.29 is 22.7 Å². The number of hydrogen-bond acceptors (Lipinski definition) is 5. The largest absolute Gasteiger partial charge is 0.457 e. The van der Waals surface area contributed by atoms with Gasteiger partial charge in [0.15, 0.2) is 0 Å². The number of ether oxygens (including phenoxy) is 1. The van der Waals surface area contributed by atoms with E-state index in [4.69, 9.17) is 4.74 Å². The lowest BCUT2D eigenvalue weighted by Gasteiger charge is -2.35. The van der Waals surface area contributed by atoms with E-state index in [-0.39, 0.29) is 29.5 Å². The van der Waals surface area contributed by atoms with Crippen molar-refractivity contribution in [2.24, 2.45) is 0 Å². The van der Waals surface area contributed by atoms with Gasteiger partial charge in [-0.3, -0.25) is 13.9 Å². The molecule has 5 rings (SSSR count). The molecular formula is C41H43N3O5S. The molecule has 0 radical (unpaired) electrons. The van der Waals surface area contributed by atoms with E-state index in [2.05, 4.69) is 5.32 Å². The first-order valence-electron chi connectivity index (χ1n) is 16.5. The van der Waals surface area contributed by atoms with Crippen LogP contribution in [-0.2, 0) is 32.6 Å². The molecule has 5 aromatic carbocycles. The van der Waals surface area contributed by atoms with Crippen molar-refractivity contribution in [3.63, 3.8) is 0 Å². The van der Waals surface area contributed by atoms with Gasteiger partial charge in [-0.25, -0.2) is 8.42 Å². The van der Waals surface area contributed by atoms with E-state index >= 15 is 0 Å². The molecule has 1 atom stereocenters. The van der Waals surface area contributed by atoms with Crippen LogP contribution in [0.2, 0.25) is 0 Å². The normalized spacial score (nSPS) is 12.1. The lowest BCUT2D eigenvalue weighted by molar-refractivity contribution is -0.140. The molecule has 8 nitrogen and oxygen atoms in total. The predicted octanol–water partition coefficient (Wildman–Crippen LogP) is 7.54. The van der Waals surface area contributed by atoms with E-state index in [1.165, 1.54) is 17.0 Å². The smallest absolute Gasteiger partial charge is 0.264 e. The van der Waals surface area contributed by atoms with Crippen LogP contribution < -0.4 is 14.4 Å². The van der Waals surface area contributed by atoms with Crippen LogP contribution in [-0.4, -0.2) is 43.3 Å². The van der Waals surface area contributed by atoms with Crippen LogP contribution in [0, 0.1) is 6.92 Å². The van der Waals surface area contributed by atoms with Gasteiger partial charge < -0.3 is 15.0 Å². The van der Waals surface area contributed by atoms with Gasteiger partial charge in [-0.1, -0.05) is 91.0 Å². The Hall–Kier alpha value is -5.41. The fraction of sp³-hybridized carbons (Fsp3) is 0.220. The zero-order valence-corrected chi connectivity index (χ0v) is 29.6. The molecule has 0 saturated carbocycles. The van der Waals surface area contributed by atoms with E-state index in [0.717, 1.165) is 21.0 Å². The Morgan fingerprint density at radius 2 is 1.26 bits per heavy atom. The van der Waals surface area contributed by atoms with E-state index in [1.807, 2.05) is 113 Å². The highest BCUT2D eigenvalue weighted by Crippen LogP contribution is 2.29. The number of nitrogens with zero attached hydrogens (tertiary/aromatic N) is 2. The summed E-state index contributed by atoms with van der Waals surface area (Å²) in [4.78, 5) is 30.4. The highest BCUT2D eigenvalue weighted by Gasteiger charge is 2.35. The Morgan fingerprint density at radius 1 is 0.720 bits per heavy atom. The SMILES string of the molecule is Cc1ccccc1CN(C(=O)CN(c1ccc(Oc2ccccc2)cc1)S(=O)(=O)c1ccccc1)[C@H](Cc1ccccc1)C(=O)NC(C)(C)C. The van der Waals surface area contributed by atoms with Crippen LogP contribution >= 0.6 is 0 Å². The van der Waals surface area contributed by atoms with Crippen LogP contribution in [0.15, 0.2) is 144 Å². The second-order valence-electron chi connectivity index (χ2n) is 13.1. The minimum Gasteiger partial charge on any atom is -0.457 e. The molecule has 0 unspecified atom stereocenters. The number of amides is 2. The predicted molar refractivity (Wildman–Crippen MR) is 197 cm³/mol. The summed E-state index contributed by atoms with van der Waals surface area (Å²) in [6.07, 6.45) is 0.233. The average Bonchev–Trinajstić information content (AvgIpc) is 3.10. The summed E-state index contributed by atoms with van der Waals surface area (Å²) in [7, 11) is -4.22. The number of carbonyl (C=O) groups excluding carboxylic acids is 2. The number of sulfonamides is 1. The fourth-order valence-electron chi connectivity index (χ4n) is 5.53. The van der Waals surface area contributed by atoms with Crippen LogP contribution in [0.5, 0.6) is 11.5 Å². The van der Waals surface area contributed by atoms with Crippen LogP contribution in [0.25, 0.3) is 0 Å². The zero-order chi connectivity index (χ0) is 35.7. The molecular weight excluding hydrogens is 647 g/mol. The molecule has 50 heavy (non-hydrogen) atoms. The Morgan fingerprint density at radius 3 is 1.86 bits per heavy atom. The lowest BCUT2D eigenvalue weighted by atomic mass is 10.00. The average molecular weight is 690 g/mol. The maximum absolute atomic E-state index is 14.7. The van der Waals surface area contributed by atoms with E-state index in [1.54, 1.807) is 42.5 Å². The first-order chi connectivity index (χ1) is 23.9. The first kappa shape index (κ1) is 35.9. The Balaban J connectivity index is 1.57. The van der Waals surface area contributed by atoms with Crippen molar-refractivity contribution in [3.05, 3.63) is 156 Å². The second-order valence-corrected chi connectivity index (χ2v) is 15.0. The Labute approximate surface area is 295 Å². The van der Waals surface area contributed by atoms with Gasteiger partial charge in [-0.15, -0.1) is 0 Å². The summed E-state index contributed by atoms with van der Waals surface area (Å²) in [5, 5.41) is 3.06. The van der Waals surface area contributed by atoms with E-state index in [9.17, 15) is 18.0 Å². The van der Waals surface area contributed by atoms with Gasteiger partial charge in [-0.05, 0) is 92.9 Å². The van der Waals surface area contributed by atoms with Gasteiger partial charge >= 0.3 is 0 Å². The van der Waals surface area contributed by atoms with Gasteiger partial charge in [0.25, 0.3) is 10.0 Å². The van der Waals surface area contributed by atoms with Crippen molar-refractivity contribution in [2.75, 3.05) is 10.8 Å². The highest BCUT2D eigenvalue weighted by atomic mass is 32.2. The number of rotatable bonds is 13. The van der Waals surface area contributed by atoms with Gasteiger partial charge in [0.1, 0.15) is 24.1 Å². The Kier molecular flexibility index (Phi) is 11.4. The minimum atomic E-state index is -4.22. The summed E-state index contributed by atoms with van der Waals surface area (Å²) < 4.78 is 35.7.